The Morgan fingerprint density at radius 2 is 1.68 bits per heavy atom. The van der Waals surface area contributed by atoms with Gasteiger partial charge in [0.25, 0.3) is 0 Å². The molecular weight excluding hydrogens is 438 g/mol. The van der Waals surface area contributed by atoms with Crippen molar-refractivity contribution < 1.29 is 29.0 Å². The molecule has 34 heavy (non-hydrogen) atoms. The predicted octanol–water partition coefficient (Wildman–Crippen LogP) is 1.67. The highest BCUT2D eigenvalue weighted by Gasteiger charge is 2.37. The summed E-state index contributed by atoms with van der Waals surface area (Å²) < 4.78 is 10.8. The topological polar surface area (TPSA) is 117 Å². The van der Waals surface area contributed by atoms with Crippen molar-refractivity contribution in [2.24, 2.45) is 5.92 Å². The maximum Gasteiger partial charge on any atom is 0.407 e. The molecule has 0 radical (unpaired) electrons. The van der Waals surface area contributed by atoms with E-state index in [0.717, 1.165) is 22.3 Å². The molecule has 2 aromatic carbocycles. The van der Waals surface area contributed by atoms with Gasteiger partial charge in [0.2, 0.25) is 5.91 Å². The van der Waals surface area contributed by atoms with Gasteiger partial charge >= 0.3 is 12.1 Å². The van der Waals surface area contributed by atoms with Gasteiger partial charge in [-0.3, -0.25) is 9.59 Å². The molecule has 1 aliphatic carbocycles. The Morgan fingerprint density at radius 1 is 1.06 bits per heavy atom. The first-order valence-electron chi connectivity index (χ1n) is 11.2. The normalized spacial score (nSPS) is 19.9. The molecule has 2 aliphatic rings. The molecule has 2 amide bonds. The highest BCUT2D eigenvalue weighted by atomic mass is 16.5. The van der Waals surface area contributed by atoms with Crippen LogP contribution in [0.3, 0.4) is 0 Å². The maximum atomic E-state index is 12.9. The number of alkyl carbamates (subject to hydrolysis) is 1. The summed E-state index contributed by atoms with van der Waals surface area (Å²) in [6, 6.07) is 14.5. The second-order valence-corrected chi connectivity index (χ2v) is 8.88. The lowest BCUT2D eigenvalue weighted by molar-refractivity contribution is -0.142. The monoisotopic (exact) mass is 467 g/mol. The van der Waals surface area contributed by atoms with Gasteiger partial charge in [-0.2, -0.15) is 0 Å². The quantitative estimate of drug-likeness (QED) is 0.541. The Hall–Kier alpha value is -3.43. The number of carboxylic acid groups (broad SMARTS) is 1. The Balaban J connectivity index is 1.40. The van der Waals surface area contributed by atoms with Crippen LogP contribution < -0.4 is 10.6 Å². The first-order valence-corrected chi connectivity index (χ1v) is 11.2. The number of nitrogens with one attached hydrogen (secondary N) is 2. The Bertz CT molecular complexity index is 1030. The maximum absolute atomic E-state index is 12.9. The third kappa shape index (κ3) is 5.05. The van der Waals surface area contributed by atoms with Crippen molar-refractivity contribution in [3.05, 3.63) is 59.7 Å². The Labute approximate surface area is 198 Å². The van der Waals surface area contributed by atoms with Crippen LogP contribution in [-0.2, 0) is 19.1 Å². The van der Waals surface area contributed by atoms with Gasteiger partial charge in [-0.25, -0.2) is 4.79 Å². The standard InChI is InChI=1S/C25H29N3O6/c1-28(2)11-21(23(29)26-22-14-33-12-20(22)24(30)31)27-25(32)34-13-19-17-9-5-3-7-15(17)16-8-4-6-10-18(16)19/h3-10,19-22H,11-14H2,1-2H3,(H,26,29)(H,27,32)(H,30,31)/t20?,21-,22?/m0/s1. The number of amides is 2. The van der Waals surface area contributed by atoms with E-state index in [4.69, 9.17) is 9.47 Å². The van der Waals surface area contributed by atoms with Crippen molar-refractivity contribution in [3.8, 4) is 11.1 Å². The van der Waals surface area contributed by atoms with Gasteiger partial charge in [-0.15, -0.1) is 0 Å². The number of fused-ring (bicyclic) bond motifs is 3. The van der Waals surface area contributed by atoms with Crippen molar-refractivity contribution in [1.29, 1.82) is 0 Å². The van der Waals surface area contributed by atoms with Crippen LogP contribution in [0.5, 0.6) is 0 Å². The van der Waals surface area contributed by atoms with E-state index >= 15 is 0 Å². The third-order valence-corrected chi connectivity index (χ3v) is 6.23. The summed E-state index contributed by atoms with van der Waals surface area (Å²) in [6.07, 6.45) is -0.707. The molecule has 1 heterocycles. The minimum Gasteiger partial charge on any atom is -0.481 e. The van der Waals surface area contributed by atoms with Crippen LogP contribution in [0.4, 0.5) is 4.79 Å². The van der Waals surface area contributed by atoms with Gasteiger partial charge in [-0.05, 0) is 36.3 Å². The molecule has 0 bridgehead atoms. The molecule has 3 N–H and O–H groups in total. The second kappa shape index (κ2) is 10.2. The summed E-state index contributed by atoms with van der Waals surface area (Å²) in [5.74, 6) is -2.43. The summed E-state index contributed by atoms with van der Waals surface area (Å²) in [4.78, 5) is 38.7. The molecule has 9 nitrogen and oxygen atoms in total. The van der Waals surface area contributed by atoms with E-state index < -0.39 is 36.0 Å². The van der Waals surface area contributed by atoms with E-state index in [9.17, 15) is 19.5 Å². The van der Waals surface area contributed by atoms with Crippen molar-refractivity contribution in [2.45, 2.75) is 18.0 Å². The Kier molecular flexibility index (Phi) is 7.14. The van der Waals surface area contributed by atoms with Crippen molar-refractivity contribution in [1.82, 2.24) is 15.5 Å². The van der Waals surface area contributed by atoms with Crippen LogP contribution in [0.25, 0.3) is 11.1 Å². The lowest BCUT2D eigenvalue weighted by Gasteiger charge is -2.24. The number of hydrogen-bond acceptors (Lipinski definition) is 6. The zero-order valence-electron chi connectivity index (χ0n) is 19.2. The molecule has 4 rings (SSSR count). The van der Waals surface area contributed by atoms with Crippen LogP contribution in [0.2, 0.25) is 0 Å². The third-order valence-electron chi connectivity index (χ3n) is 6.23. The molecule has 9 heteroatoms. The van der Waals surface area contributed by atoms with E-state index in [1.807, 2.05) is 36.4 Å². The van der Waals surface area contributed by atoms with Gasteiger partial charge in [0, 0.05) is 12.5 Å². The van der Waals surface area contributed by atoms with E-state index in [1.54, 1.807) is 19.0 Å². The average Bonchev–Trinajstić information content (AvgIpc) is 3.39. The molecular formula is C25H29N3O6. The lowest BCUT2D eigenvalue weighted by Crippen LogP contribution is -2.55. The number of nitrogens with zero attached hydrogens (tertiary/aromatic N) is 1. The molecule has 0 saturated carbocycles. The molecule has 3 atom stereocenters. The summed E-state index contributed by atoms with van der Waals surface area (Å²) in [7, 11) is 3.55. The number of ether oxygens (including phenoxy) is 2. The molecule has 0 aromatic heterocycles. The number of benzene rings is 2. The zero-order chi connectivity index (χ0) is 24.2. The van der Waals surface area contributed by atoms with Gasteiger partial charge in [0.15, 0.2) is 0 Å². The first-order chi connectivity index (χ1) is 16.3. The number of likely N-dealkylation sites (N-methyl/N-ethyl adjacent to an activating group) is 1. The number of carbonyl (C=O) groups is 3. The molecule has 180 valence electrons. The van der Waals surface area contributed by atoms with Gasteiger partial charge in [0.1, 0.15) is 18.6 Å². The average molecular weight is 468 g/mol. The lowest BCUT2D eigenvalue weighted by atomic mass is 9.98. The summed E-state index contributed by atoms with van der Waals surface area (Å²) in [5.41, 5.74) is 4.45. The number of rotatable bonds is 8. The molecule has 2 aromatic rings. The molecule has 1 aliphatic heterocycles. The first kappa shape index (κ1) is 23.7. The smallest absolute Gasteiger partial charge is 0.407 e. The van der Waals surface area contributed by atoms with E-state index in [0.29, 0.717) is 0 Å². The van der Waals surface area contributed by atoms with Crippen LogP contribution >= 0.6 is 0 Å². The van der Waals surface area contributed by atoms with Crippen molar-refractivity contribution in [2.75, 3.05) is 40.5 Å². The van der Waals surface area contributed by atoms with Crippen LogP contribution in [-0.4, -0.2) is 80.5 Å². The minimum atomic E-state index is -1.03. The largest absolute Gasteiger partial charge is 0.481 e. The number of carbonyl (C=O) groups excluding carboxylic acids is 2. The highest BCUT2D eigenvalue weighted by molar-refractivity contribution is 5.87. The fourth-order valence-corrected chi connectivity index (χ4v) is 4.56. The van der Waals surface area contributed by atoms with Crippen LogP contribution in [0.1, 0.15) is 17.0 Å². The number of carboxylic acids is 1. The number of hydrogen-bond donors (Lipinski definition) is 3. The van der Waals surface area contributed by atoms with Gasteiger partial charge in [0.05, 0.1) is 19.3 Å². The molecule has 0 spiro atoms. The number of aliphatic carboxylic acids is 1. The second-order valence-electron chi connectivity index (χ2n) is 8.88. The molecule has 2 unspecified atom stereocenters. The summed E-state index contributed by atoms with van der Waals surface area (Å²) in [5, 5.41) is 14.6. The van der Waals surface area contributed by atoms with Gasteiger partial charge < -0.3 is 30.1 Å². The summed E-state index contributed by atoms with van der Waals surface area (Å²) in [6.45, 7) is 0.510. The fourth-order valence-electron chi connectivity index (χ4n) is 4.56. The predicted molar refractivity (Wildman–Crippen MR) is 124 cm³/mol. The van der Waals surface area contributed by atoms with E-state index in [-0.39, 0.29) is 32.3 Å². The fraction of sp³-hybridized carbons (Fsp3) is 0.400. The minimum absolute atomic E-state index is 0.0401. The summed E-state index contributed by atoms with van der Waals surface area (Å²) >= 11 is 0. The van der Waals surface area contributed by atoms with Crippen molar-refractivity contribution in [3.63, 3.8) is 0 Å². The Morgan fingerprint density at radius 3 is 2.26 bits per heavy atom. The van der Waals surface area contributed by atoms with E-state index in [1.165, 1.54) is 0 Å². The van der Waals surface area contributed by atoms with Crippen LogP contribution in [0, 0.1) is 5.92 Å². The molecule has 1 fully saturated rings. The van der Waals surface area contributed by atoms with Crippen molar-refractivity contribution >= 4 is 18.0 Å². The van der Waals surface area contributed by atoms with E-state index in [2.05, 4.69) is 22.8 Å². The van der Waals surface area contributed by atoms with Gasteiger partial charge in [-0.1, -0.05) is 48.5 Å². The highest BCUT2D eigenvalue weighted by Crippen LogP contribution is 2.44. The zero-order valence-corrected chi connectivity index (χ0v) is 19.2. The van der Waals surface area contributed by atoms with Crippen LogP contribution in [0.15, 0.2) is 48.5 Å². The molecule has 1 saturated heterocycles. The SMILES string of the molecule is CN(C)C[C@H](NC(=O)OCC1c2ccccc2-c2ccccc21)C(=O)NC1COCC1C(=O)O.